The zero-order valence-electron chi connectivity index (χ0n) is 12.3. The van der Waals surface area contributed by atoms with E-state index >= 15 is 0 Å². The number of para-hydroxylation sites is 1. The number of sulfonamides is 1. The van der Waals surface area contributed by atoms with Crippen molar-refractivity contribution in [3.63, 3.8) is 0 Å². The molecule has 2 aromatic rings. The van der Waals surface area contributed by atoms with E-state index in [1.807, 2.05) is 0 Å². The molecule has 8 heteroatoms. The maximum Gasteiger partial charge on any atom is 0.416 e. The summed E-state index contributed by atoms with van der Waals surface area (Å²) in [5.74, 6) is 0.100. The third kappa shape index (κ3) is 3.76. The number of hydrogen-bond acceptors (Lipinski definition) is 3. The molecule has 23 heavy (non-hydrogen) atoms. The Morgan fingerprint density at radius 3 is 2.35 bits per heavy atom. The highest BCUT2D eigenvalue weighted by Crippen LogP contribution is 2.34. The van der Waals surface area contributed by atoms with Crippen molar-refractivity contribution in [3.8, 4) is 5.75 Å². The van der Waals surface area contributed by atoms with Crippen LogP contribution in [0.4, 0.5) is 18.9 Å². The van der Waals surface area contributed by atoms with E-state index < -0.39 is 21.8 Å². The van der Waals surface area contributed by atoms with Crippen LogP contribution in [-0.2, 0) is 16.2 Å². The number of anilines is 1. The van der Waals surface area contributed by atoms with Gasteiger partial charge in [0, 0.05) is 5.69 Å². The van der Waals surface area contributed by atoms with Crippen molar-refractivity contribution in [2.45, 2.75) is 18.0 Å². The fourth-order valence-corrected chi connectivity index (χ4v) is 3.26. The normalized spacial score (nSPS) is 12.0. The first-order valence-electron chi connectivity index (χ1n) is 6.49. The molecule has 0 fully saturated rings. The van der Waals surface area contributed by atoms with Crippen molar-refractivity contribution in [1.29, 1.82) is 0 Å². The summed E-state index contributed by atoms with van der Waals surface area (Å²) in [6, 6.07) is 9.09. The molecule has 4 nitrogen and oxygen atoms in total. The highest BCUT2D eigenvalue weighted by molar-refractivity contribution is 7.92. The number of ether oxygens (including phenoxy) is 1. The van der Waals surface area contributed by atoms with Crippen LogP contribution in [0.3, 0.4) is 0 Å². The Bertz CT molecular complexity index is 817. The summed E-state index contributed by atoms with van der Waals surface area (Å²) in [4.78, 5) is -0.156. The average Bonchev–Trinajstić information content (AvgIpc) is 2.48. The monoisotopic (exact) mass is 345 g/mol. The van der Waals surface area contributed by atoms with Crippen LogP contribution in [0.1, 0.15) is 11.1 Å². The van der Waals surface area contributed by atoms with Crippen LogP contribution in [0.2, 0.25) is 0 Å². The molecule has 2 aromatic carbocycles. The minimum Gasteiger partial charge on any atom is -0.495 e. The zero-order valence-corrected chi connectivity index (χ0v) is 13.1. The van der Waals surface area contributed by atoms with Gasteiger partial charge >= 0.3 is 6.18 Å². The molecule has 0 radical (unpaired) electrons. The lowest BCUT2D eigenvalue weighted by molar-refractivity contribution is -0.138. The summed E-state index contributed by atoms with van der Waals surface area (Å²) >= 11 is 0. The second-order valence-corrected chi connectivity index (χ2v) is 6.43. The van der Waals surface area contributed by atoms with Crippen molar-refractivity contribution in [2.24, 2.45) is 0 Å². The number of hydrogen-bond donors (Lipinski definition) is 1. The van der Waals surface area contributed by atoms with Gasteiger partial charge in [0.1, 0.15) is 10.6 Å². The second kappa shape index (κ2) is 6.11. The summed E-state index contributed by atoms with van der Waals surface area (Å²) in [6.07, 6.45) is -4.56. The molecule has 0 saturated carbocycles. The molecule has 0 saturated heterocycles. The SMILES string of the molecule is COc1ccccc1S(=O)(=O)Nc1ccc(C)c(C(F)(F)F)c1. The molecule has 2 rings (SSSR count). The highest BCUT2D eigenvalue weighted by atomic mass is 32.2. The van der Waals surface area contributed by atoms with Crippen molar-refractivity contribution in [1.82, 2.24) is 0 Å². The molecule has 124 valence electrons. The van der Waals surface area contributed by atoms with E-state index in [4.69, 9.17) is 4.74 Å². The number of methoxy groups -OCH3 is 1. The van der Waals surface area contributed by atoms with Gasteiger partial charge < -0.3 is 4.74 Å². The quantitative estimate of drug-likeness (QED) is 0.916. The molecule has 0 aliphatic heterocycles. The van der Waals surface area contributed by atoms with Crippen molar-refractivity contribution in [2.75, 3.05) is 11.8 Å². The Hall–Kier alpha value is -2.22. The molecule has 0 atom stereocenters. The van der Waals surface area contributed by atoms with E-state index in [0.29, 0.717) is 0 Å². The predicted octanol–water partition coefficient (Wildman–Crippen LogP) is 3.82. The Morgan fingerprint density at radius 2 is 1.74 bits per heavy atom. The van der Waals surface area contributed by atoms with Crippen molar-refractivity contribution in [3.05, 3.63) is 53.6 Å². The molecule has 0 bridgehead atoms. The lowest BCUT2D eigenvalue weighted by atomic mass is 10.1. The minimum atomic E-state index is -4.56. The summed E-state index contributed by atoms with van der Waals surface area (Å²) < 4.78 is 70.5. The lowest BCUT2D eigenvalue weighted by Crippen LogP contribution is -2.15. The Morgan fingerprint density at radius 1 is 1.09 bits per heavy atom. The first-order valence-corrected chi connectivity index (χ1v) is 7.97. The van der Waals surface area contributed by atoms with E-state index in [1.165, 1.54) is 44.4 Å². The van der Waals surface area contributed by atoms with Gasteiger partial charge in [-0.15, -0.1) is 0 Å². The smallest absolute Gasteiger partial charge is 0.416 e. The first kappa shape index (κ1) is 17.1. The van der Waals surface area contributed by atoms with Gasteiger partial charge in [0.05, 0.1) is 12.7 Å². The third-order valence-electron chi connectivity index (χ3n) is 3.15. The molecule has 0 amide bonds. The van der Waals surface area contributed by atoms with Gasteiger partial charge in [-0.25, -0.2) is 8.42 Å². The summed E-state index contributed by atoms with van der Waals surface area (Å²) in [5.41, 5.74) is -1.05. The van der Waals surface area contributed by atoms with Crippen LogP contribution in [0, 0.1) is 6.92 Å². The predicted molar refractivity (Wildman–Crippen MR) is 80.0 cm³/mol. The Kier molecular flexibility index (Phi) is 4.56. The van der Waals surface area contributed by atoms with Crippen LogP contribution in [0.25, 0.3) is 0 Å². The number of alkyl halides is 3. The number of aryl methyl sites for hydroxylation is 1. The van der Waals surface area contributed by atoms with Crippen molar-refractivity contribution >= 4 is 15.7 Å². The summed E-state index contributed by atoms with van der Waals surface area (Å²) in [6.45, 7) is 1.31. The summed E-state index contributed by atoms with van der Waals surface area (Å²) in [7, 11) is -2.77. The number of nitrogens with one attached hydrogen (secondary N) is 1. The van der Waals surface area contributed by atoms with Gasteiger partial charge in [-0.1, -0.05) is 18.2 Å². The van der Waals surface area contributed by atoms with Gasteiger partial charge in [-0.2, -0.15) is 13.2 Å². The van der Waals surface area contributed by atoms with Gasteiger partial charge in [-0.3, -0.25) is 4.72 Å². The number of rotatable bonds is 4. The second-order valence-electron chi connectivity index (χ2n) is 4.78. The zero-order chi connectivity index (χ0) is 17.3. The van der Waals surface area contributed by atoms with Crippen LogP contribution in [0.15, 0.2) is 47.4 Å². The van der Waals surface area contributed by atoms with E-state index in [1.54, 1.807) is 6.07 Å². The van der Waals surface area contributed by atoms with Crippen LogP contribution < -0.4 is 9.46 Å². The maximum atomic E-state index is 12.9. The molecule has 0 aliphatic carbocycles. The minimum absolute atomic E-state index is 0.0118. The van der Waals surface area contributed by atoms with Crippen LogP contribution in [0.5, 0.6) is 5.75 Å². The van der Waals surface area contributed by atoms with E-state index in [-0.39, 0.29) is 21.9 Å². The van der Waals surface area contributed by atoms with Gasteiger partial charge in [0.15, 0.2) is 0 Å². The molecule has 1 N–H and O–H groups in total. The van der Waals surface area contributed by atoms with Gasteiger partial charge in [-0.05, 0) is 36.8 Å². The number of halogens is 3. The molecule has 0 aromatic heterocycles. The highest BCUT2D eigenvalue weighted by Gasteiger charge is 2.33. The van der Waals surface area contributed by atoms with E-state index in [9.17, 15) is 21.6 Å². The third-order valence-corrected chi connectivity index (χ3v) is 4.57. The lowest BCUT2D eigenvalue weighted by Gasteiger charge is -2.14. The molecule has 0 aliphatic rings. The van der Waals surface area contributed by atoms with E-state index in [0.717, 1.165) is 6.07 Å². The number of benzene rings is 2. The average molecular weight is 345 g/mol. The molecule has 0 heterocycles. The van der Waals surface area contributed by atoms with Crippen molar-refractivity contribution < 1.29 is 26.3 Å². The van der Waals surface area contributed by atoms with Crippen LogP contribution in [-0.4, -0.2) is 15.5 Å². The fourth-order valence-electron chi connectivity index (χ4n) is 2.04. The Balaban J connectivity index is 2.42. The fraction of sp³-hybridized carbons (Fsp3) is 0.200. The van der Waals surface area contributed by atoms with Gasteiger partial charge in [0.25, 0.3) is 10.0 Å². The van der Waals surface area contributed by atoms with E-state index in [2.05, 4.69) is 4.72 Å². The van der Waals surface area contributed by atoms with Gasteiger partial charge in [0.2, 0.25) is 0 Å². The topological polar surface area (TPSA) is 55.4 Å². The summed E-state index contributed by atoms with van der Waals surface area (Å²) in [5, 5.41) is 0. The molecule has 0 spiro atoms. The van der Waals surface area contributed by atoms with Crippen LogP contribution >= 0.6 is 0 Å². The molecule has 0 unspecified atom stereocenters. The molecular weight excluding hydrogens is 331 g/mol. The standard InChI is InChI=1S/C15H14F3NO3S/c1-10-7-8-11(9-12(10)15(16,17)18)19-23(20,21)14-6-4-3-5-13(14)22-2/h3-9,19H,1-2H3. The maximum absolute atomic E-state index is 12.9. The molecular formula is C15H14F3NO3S. The largest absolute Gasteiger partial charge is 0.495 e. The first-order chi connectivity index (χ1) is 10.6. The Labute approximate surface area is 132 Å².